The van der Waals surface area contributed by atoms with Gasteiger partial charge in [0.1, 0.15) is 23.5 Å². The molecule has 0 aliphatic carbocycles. The molecular formula is C21H16ClN3O. The van der Waals surface area contributed by atoms with Crippen molar-refractivity contribution in [1.82, 2.24) is 15.0 Å². The fourth-order valence-corrected chi connectivity index (χ4v) is 3.21. The highest BCUT2D eigenvalue weighted by molar-refractivity contribution is 6.32. The second-order valence-corrected chi connectivity index (χ2v) is 6.33. The summed E-state index contributed by atoms with van der Waals surface area (Å²) in [7, 11) is 0. The first-order valence-electron chi connectivity index (χ1n) is 8.14. The van der Waals surface area contributed by atoms with Gasteiger partial charge in [-0.2, -0.15) is 0 Å². The Kier molecular flexibility index (Phi) is 4.19. The van der Waals surface area contributed by atoms with Crippen molar-refractivity contribution in [3.63, 3.8) is 0 Å². The van der Waals surface area contributed by atoms with Gasteiger partial charge in [-0.3, -0.25) is 0 Å². The number of H-pyrrole nitrogens is 1. The summed E-state index contributed by atoms with van der Waals surface area (Å²) in [6.45, 7) is 6.18. The summed E-state index contributed by atoms with van der Waals surface area (Å²) in [5.41, 5.74) is 4.28. The van der Waals surface area contributed by atoms with Crippen LogP contribution in [0.5, 0.6) is 11.5 Å². The minimum atomic E-state index is 0.576. The number of fused-ring (bicyclic) bond motifs is 1. The smallest absolute Gasteiger partial charge is 0.141 e. The van der Waals surface area contributed by atoms with Gasteiger partial charge in [-0.1, -0.05) is 36.4 Å². The highest BCUT2D eigenvalue weighted by Gasteiger charge is 2.15. The van der Waals surface area contributed by atoms with E-state index in [1.807, 2.05) is 55.6 Å². The zero-order chi connectivity index (χ0) is 18.1. The fraction of sp³-hybridized carbons (Fsp3) is 0.0476. The van der Waals surface area contributed by atoms with Crippen LogP contribution in [0.15, 0.2) is 67.6 Å². The Morgan fingerprint density at radius 1 is 1.04 bits per heavy atom. The molecule has 128 valence electrons. The van der Waals surface area contributed by atoms with Gasteiger partial charge in [0.05, 0.1) is 10.7 Å². The van der Waals surface area contributed by atoms with E-state index in [4.69, 9.17) is 16.3 Å². The maximum Gasteiger partial charge on any atom is 0.141 e. The van der Waals surface area contributed by atoms with Crippen LogP contribution in [-0.4, -0.2) is 15.0 Å². The third-order valence-corrected chi connectivity index (χ3v) is 4.54. The second-order valence-electron chi connectivity index (χ2n) is 5.92. The number of para-hydroxylation sites is 1. The number of aromatic nitrogens is 3. The average molecular weight is 362 g/mol. The van der Waals surface area contributed by atoms with Crippen molar-refractivity contribution in [3.8, 4) is 11.5 Å². The maximum absolute atomic E-state index is 6.52. The van der Waals surface area contributed by atoms with E-state index >= 15 is 0 Å². The van der Waals surface area contributed by atoms with E-state index in [-0.39, 0.29) is 0 Å². The Morgan fingerprint density at radius 3 is 2.62 bits per heavy atom. The number of rotatable bonds is 4. The fourth-order valence-electron chi connectivity index (χ4n) is 2.93. The van der Waals surface area contributed by atoms with Crippen molar-refractivity contribution in [2.75, 3.05) is 0 Å². The quantitative estimate of drug-likeness (QED) is 0.501. The number of nitrogens with zero attached hydrogens (tertiary/aromatic N) is 2. The molecule has 4 rings (SSSR count). The Labute approximate surface area is 156 Å². The molecule has 1 N–H and O–H groups in total. The number of aryl methyl sites for hydroxylation is 1. The largest absolute Gasteiger partial charge is 0.457 e. The molecule has 0 bridgehead atoms. The minimum Gasteiger partial charge on any atom is -0.457 e. The third-order valence-electron chi connectivity index (χ3n) is 4.23. The Morgan fingerprint density at radius 2 is 1.85 bits per heavy atom. The summed E-state index contributed by atoms with van der Waals surface area (Å²) in [6.07, 6.45) is 3.43. The molecule has 0 radical (unpaired) electrons. The summed E-state index contributed by atoms with van der Waals surface area (Å²) in [6, 6.07) is 15.2. The zero-order valence-corrected chi connectivity index (χ0v) is 14.9. The molecule has 0 fully saturated rings. The molecule has 0 aliphatic heterocycles. The van der Waals surface area contributed by atoms with Crippen LogP contribution in [0.25, 0.3) is 16.6 Å². The number of nitrogens with one attached hydrogen (secondary N) is 1. The lowest BCUT2D eigenvalue weighted by molar-refractivity contribution is 0.482. The molecule has 2 aromatic carbocycles. The van der Waals surface area contributed by atoms with Crippen molar-refractivity contribution in [1.29, 1.82) is 0 Å². The molecule has 0 amide bonds. The molecule has 4 aromatic rings. The normalized spacial score (nSPS) is 10.8. The van der Waals surface area contributed by atoms with Crippen LogP contribution < -0.4 is 4.74 Å². The van der Waals surface area contributed by atoms with Gasteiger partial charge < -0.3 is 9.72 Å². The molecule has 0 saturated carbocycles. The molecule has 0 atom stereocenters. The topological polar surface area (TPSA) is 50.8 Å². The first kappa shape index (κ1) is 16.4. The van der Waals surface area contributed by atoms with Crippen LogP contribution in [0.2, 0.25) is 5.02 Å². The molecule has 0 unspecified atom stereocenters. The van der Waals surface area contributed by atoms with E-state index in [0.29, 0.717) is 10.8 Å². The Balaban J connectivity index is 1.68. The van der Waals surface area contributed by atoms with Crippen molar-refractivity contribution in [2.24, 2.45) is 0 Å². The summed E-state index contributed by atoms with van der Waals surface area (Å²) in [5, 5.41) is 1.53. The van der Waals surface area contributed by atoms with Gasteiger partial charge in [0.15, 0.2) is 0 Å². The molecule has 0 aliphatic rings. The predicted octanol–water partition coefficient (Wildman–Crippen LogP) is 5.77. The molecule has 0 spiro atoms. The molecule has 4 nitrogen and oxygen atoms in total. The molecule has 26 heavy (non-hydrogen) atoms. The lowest BCUT2D eigenvalue weighted by Gasteiger charge is -2.11. The van der Waals surface area contributed by atoms with Crippen molar-refractivity contribution in [2.45, 2.75) is 6.92 Å². The van der Waals surface area contributed by atoms with Crippen LogP contribution in [0.1, 0.15) is 16.8 Å². The standard InChI is InChI=1S/C21H16ClN3O/c1-13(18-11-23-21-20(18)14(2)24-12-25-21)17-9-8-16(10-19(17)22)26-15-6-4-3-5-7-15/h3-12H,1H2,2H3,(H,23,24,25). The van der Waals surface area contributed by atoms with Crippen molar-refractivity contribution >= 4 is 28.2 Å². The van der Waals surface area contributed by atoms with Crippen LogP contribution in [0, 0.1) is 6.92 Å². The number of benzene rings is 2. The average Bonchev–Trinajstić information content (AvgIpc) is 3.08. The second kappa shape index (κ2) is 6.65. The summed E-state index contributed by atoms with van der Waals surface area (Å²) in [5.74, 6) is 1.44. The van der Waals surface area contributed by atoms with Gasteiger partial charge in [0.25, 0.3) is 0 Å². The van der Waals surface area contributed by atoms with Gasteiger partial charge >= 0.3 is 0 Å². The number of hydrogen-bond acceptors (Lipinski definition) is 3. The van der Waals surface area contributed by atoms with E-state index in [0.717, 1.165) is 39.2 Å². The maximum atomic E-state index is 6.52. The molecule has 2 aromatic heterocycles. The minimum absolute atomic E-state index is 0.576. The van der Waals surface area contributed by atoms with Crippen LogP contribution in [-0.2, 0) is 0 Å². The van der Waals surface area contributed by atoms with Gasteiger partial charge in [-0.15, -0.1) is 0 Å². The lowest BCUT2D eigenvalue weighted by Crippen LogP contribution is -1.91. The Hall–Kier alpha value is -3.11. The summed E-state index contributed by atoms with van der Waals surface area (Å²) in [4.78, 5) is 11.7. The SMILES string of the molecule is C=C(c1ccc(Oc2ccccc2)cc1Cl)c1c[nH]c2ncnc(C)c12. The van der Waals surface area contributed by atoms with Crippen molar-refractivity contribution in [3.05, 3.63) is 89.5 Å². The van der Waals surface area contributed by atoms with E-state index < -0.39 is 0 Å². The first-order valence-corrected chi connectivity index (χ1v) is 8.52. The number of aromatic amines is 1. The van der Waals surface area contributed by atoms with Crippen LogP contribution >= 0.6 is 11.6 Å². The van der Waals surface area contributed by atoms with E-state index in [9.17, 15) is 0 Å². The van der Waals surface area contributed by atoms with Crippen molar-refractivity contribution < 1.29 is 4.74 Å². The first-order chi connectivity index (χ1) is 12.6. The van der Waals surface area contributed by atoms with Gasteiger partial charge in [0, 0.05) is 28.8 Å². The highest BCUT2D eigenvalue weighted by Crippen LogP contribution is 2.35. The van der Waals surface area contributed by atoms with E-state index in [1.165, 1.54) is 0 Å². The zero-order valence-electron chi connectivity index (χ0n) is 14.2. The van der Waals surface area contributed by atoms with Crippen LogP contribution in [0.4, 0.5) is 0 Å². The highest BCUT2D eigenvalue weighted by atomic mass is 35.5. The predicted molar refractivity (Wildman–Crippen MR) is 105 cm³/mol. The van der Waals surface area contributed by atoms with Gasteiger partial charge in [-0.25, -0.2) is 9.97 Å². The van der Waals surface area contributed by atoms with Gasteiger partial charge in [0.2, 0.25) is 0 Å². The van der Waals surface area contributed by atoms with E-state index in [1.54, 1.807) is 12.4 Å². The monoisotopic (exact) mass is 361 g/mol. The molecular weight excluding hydrogens is 346 g/mol. The molecule has 2 heterocycles. The number of hydrogen-bond donors (Lipinski definition) is 1. The van der Waals surface area contributed by atoms with Crippen LogP contribution in [0.3, 0.4) is 0 Å². The van der Waals surface area contributed by atoms with Gasteiger partial charge in [-0.05, 0) is 36.8 Å². The number of ether oxygens (including phenoxy) is 1. The summed E-state index contributed by atoms with van der Waals surface area (Å²) >= 11 is 6.52. The van der Waals surface area contributed by atoms with E-state index in [2.05, 4.69) is 21.5 Å². The number of halogens is 1. The molecule has 0 saturated heterocycles. The third kappa shape index (κ3) is 2.95. The Bertz CT molecular complexity index is 1100. The summed E-state index contributed by atoms with van der Waals surface area (Å²) < 4.78 is 5.83. The molecule has 5 heteroatoms. The lowest BCUT2D eigenvalue weighted by atomic mass is 9.99.